The molecular weight excluding hydrogens is 364 g/mol. The van der Waals surface area contributed by atoms with Crippen LogP contribution in [-0.2, 0) is 14.8 Å². The molecule has 0 aromatic heterocycles. The Bertz CT molecular complexity index is 878. The molecule has 0 aliphatic carbocycles. The van der Waals surface area contributed by atoms with Crippen molar-refractivity contribution in [2.75, 3.05) is 31.0 Å². The lowest BCUT2D eigenvalue weighted by Gasteiger charge is -2.27. The van der Waals surface area contributed by atoms with Crippen LogP contribution in [-0.4, -0.2) is 46.0 Å². The van der Waals surface area contributed by atoms with Crippen molar-refractivity contribution in [2.45, 2.75) is 25.7 Å². The number of benzene rings is 2. The topological polar surface area (TPSA) is 66.9 Å². The maximum Gasteiger partial charge on any atom is 0.264 e. The summed E-state index contributed by atoms with van der Waals surface area (Å²) in [6.45, 7) is 6.33. The Morgan fingerprint density at radius 1 is 1.04 bits per heavy atom. The first-order valence-corrected chi connectivity index (χ1v) is 10.3. The van der Waals surface area contributed by atoms with Crippen molar-refractivity contribution in [3.63, 3.8) is 0 Å². The van der Waals surface area contributed by atoms with Gasteiger partial charge in [0.2, 0.25) is 5.91 Å². The van der Waals surface area contributed by atoms with E-state index in [0.717, 1.165) is 4.31 Å². The third kappa shape index (κ3) is 4.60. The zero-order valence-electron chi connectivity index (χ0n) is 16.2. The first kappa shape index (κ1) is 20.8. The Morgan fingerprint density at radius 2 is 1.67 bits per heavy atom. The summed E-state index contributed by atoms with van der Waals surface area (Å²) in [6.07, 6.45) is 0. The van der Waals surface area contributed by atoms with Gasteiger partial charge in [0.1, 0.15) is 12.3 Å². The summed E-state index contributed by atoms with van der Waals surface area (Å²) in [7, 11) is -2.38. The molecule has 0 bridgehead atoms. The molecule has 0 aliphatic rings. The van der Waals surface area contributed by atoms with E-state index in [1.54, 1.807) is 54.3 Å². The molecule has 0 radical (unpaired) electrons. The number of carbonyl (C=O) groups excluding carboxylic acids is 1. The van der Waals surface area contributed by atoms with Crippen LogP contribution in [0.25, 0.3) is 0 Å². The van der Waals surface area contributed by atoms with Crippen molar-refractivity contribution < 1.29 is 17.9 Å². The zero-order chi connectivity index (χ0) is 20.0. The summed E-state index contributed by atoms with van der Waals surface area (Å²) in [6, 6.07) is 13.4. The smallest absolute Gasteiger partial charge is 0.264 e. The Balaban J connectivity index is 2.49. The van der Waals surface area contributed by atoms with Gasteiger partial charge >= 0.3 is 0 Å². The number of amides is 1. The van der Waals surface area contributed by atoms with Gasteiger partial charge < -0.3 is 9.64 Å². The lowest BCUT2D eigenvalue weighted by Crippen LogP contribution is -2.43. The highest BCUT2D eigenvalue weighted by Crippen LogP contribution is 2.27. The lowest BCUT2D eigenvalue weighted by molar-refractivity contribution is -0.129. The molecule has 0 aliphatic heterocycles. The summed E-state index contributed by atoms with van der Waals surface area (Å²) in [5.41, 5.74) is 1.16. The van der Waals surface area contributed by atoms with Gasteiger partial charge in [0.15, 0.2) is 0 Å². The molecule has 2 aromatic rings. The molecule has 0 spiro atoms. The molecule has 0 unspecified atom stereocenters. The van der Waals surface area contributed by atoms with Gasteiger partial charge in [-0.2, -0.15) is 0 Å². The molecule has 7 heteroatoms. The molecule has 0 N–H and O–H groups in total. The molecule has 0 atom stereocenters. The van der Waals surface area contributed by atoms with Gasteiger partial charge in [-0.15, -0.1) is 0 Å². The molecule has 0 fully saturated rings. The van der Waals surface area contributed by atoms with Crippen LogP contribution in [0.15, 0.2) is 53.4 Å². The van der Waals surface area contributed by atoms with E-state index in [1.807, 2.05) is 13.8 Å². The monoisotopic (exact) mass is 390 g/mol. The summed E-state index contributed by atoms with van der Waals surface area (Å²) in [4.78, 5) is 14.4. The van der Waals surface area contributed by atoms with Crippen LogP contribution >= 0.6 is 0 Å². The van der Waals surface area contributed by atoms with Gasteiger partial charge in [0, 0.05) is 13.1 Å². The van der Waals surface area contributed by atoms with Gasteiger partial charge in [0.25, 0.3) is 10.0 Å². The zero-order valence-corrected chi connectivity index (χ0v) is 17.0. The third-order valence-electron chi connectivity index (χ3n) is 4.39. The maximum atomic E-state index is 13.3. The van der Waals surface area contributed by atoms with Crippen molar-refractivity contribution in [2.24, 2.45) is 0 Å². The van der Waals surface area contributed by atoms with Crippen LogP contribution in [0.3, 0.4) is 0 Å². The summed E-state index contributed by atoms with van der Waals surface area (Å²) in [5, 5.41) is 0. The van der Waals surface area contributed by atoms with E-state index in [-0.39, 0.29) is 17.3 Å². The second-order valence-electron chi connectivity index (χ2n) is 6.04. The van der Waals surface area contributed by atoms with Crippen LogP contribution in [0.1, 0.15) is 19.4 Å². The van der Waals surface area contributed by atoms with Gasteiger partial charge in [-0.05, 0) is 56.7 Å². The van der Waals surface area contributed by atoms with E-state index >= 15 is 0 Å². The third-order valence-corrected chi connectivity index (χ3v) is 6.16. The van der Waals surface area contributed by atoms with Crippen LogP contribution < -0.4 is 9.04 Å². The largest absolute Gasteiger partial charge is 0.496 e. The fourth-order valence-electron chi connectivity index (χ4n) is 2.85. The van der Waals surface area contributed by atoms with Crippen molar-refractivity contribution in [3.05, 3.63) is 54.1 Å². The minimum atomic E-state index is -3.92. The van der Waals surface area contributed by atoms with Crippen LogP contribution in [0, 0.1) is 6.92 Å². The summed E-state index contributed by atoms with van der Waals surface area (Å²) >= 11 is 0. The van der Waals surface area contributed by atoms with Crippen molar-refractivity contribution in [3.8, 4) is 5.75 Å². The number of nitrogens with zero attached hydrogens (tertiary/aromatic N) is 2. The van der Waals surface area contributed by atoms with E-state index < -0.39 is 10.0 Å². The Kier molecular flexibility index (Phi) is 6.85. The molecule has 27 heavy (non-hydrogen) atoms. The van der Waals surface area contributed by atoms with Crippen molar-refractivity contribution in [1.82, 2.24) is 4.90 Å². The number of carbonyl (C=O) groups is 1. The van der Waals surface area contributed by atoms with E-state index in [1.165, 1.54) is 13.2 Å². The summed E-state index contributed by atoms with van der Waals surface area (Å²) < 4.78 is 33.0. The minimum absolute atomic E-state index is 0.122. The molecule has 2 aromatic carbocycles. The molecule has 1 amide bonds. The van der Waals surface area contributed by atoms with E-state index in [0.29, 0.717) is 30.1 Å². The van der Waals surface area contributed by atoms with E-state index in [9.17, 15) is 13.2 Å². The van der Waals surface area contributed by atoms with Gasteiger partial charge in [-0.25, -0.2) is 8.42 Å². The Morgan fingerprint density at radius 3 is 2.19 bits per heavy atom. The molecular formula is C20H26N2O4S. The number of likely N-dealkylation sites (N-methyl/N-ethyl adjacent to an activating group) is 1. The highest BCUT2D eigenvalue weighted by Gasteiger charge is 2.28. The highest BCUT2D eigenvalue weighted by atomic mass is 32.2. The SMILES string of the molecule is CCN(CC)C(=O)CN(c1ccccc1)S(=O)(=O)c1ccc(OC)c(C)c1. The predicted octanol–water partition coefficient (Wildman–Crippen LogP) is 3.07. The van der Waals surface area contributed by atoms with Crippen LogP contribution in [0.5, 0.6) is 5.75 Å². The van der Waals surface area contributed by atoms with Gasteiger partial charge in [-0.3, -0.25) is 9.10 Å². The Hall–Kier alpha value is -2.54. The normalized spacial score (nSPS) is 11.1. The fraction of sp³-hybridized carbons (Fsp3) is 0.350. The highest BCUT2D eigenvalue weighted by molar-refractivity contribution is 7.92. The second kappa shape index (κ2) is 8.90. The molecule has 0 saturated heterocycles. The van der Waals surface area contributed by atoms with Crippen LogP contribution in [0.2, 0.25) is 0 Å². The average Bonchev–Trinajstić information content (AvgIpc) is 2.67. The Labute approximate surface area is 161 Å². The number of hydrogen-bond donors (Lipinski definition) is 0. The number of ether oxygens (including phenoxy) is 1. The number of sulfonamides is 1. The number of hydrogen-bond acceptors (Lipinski definition) is 4. The quantitative estimate of drug-likeness (QED) is 0.695. The molecule has 0 heterocycles. The first-order chi connectivity index (χ1) is 12.8. The van der Waals surface area contributed by atoms with Crippen molar-refractivity contribution >= 4 is 21.6 Å². The van der Waals surface area contributed by atoms with E-state index in [4.69, 9.17) is 4.74 Å². The molecule has 0 saturated carbocycles. The number of anilines is 1. The minimum Gasteiger partial charge on any atom is -0.496 e. The number of para-hydroxylation sites is 1. The van der Waals surface area contributed by atoms with Gasteiger partial charge in [0.05, 0.1) is 17.7 Å². The maximum absolute atomic E-state index is 13.3. The molecule has 2 rings (SSSR count). The fourth-order valence-corrected chi connectivity index (χ4v) is 4.35. The number of methoxy groups -OCH3 is 1. The first-order valence-electron chi connectivity index (χ1n) is 8.85. The standard InChI is InChI=1S/C20H26N2O4S/c1-5-21(6-2)20(23)15-22(17-10-8-7-9-11-17)27(24,25)18-12-13-19(26-4)16(3)14-18/h7-14H,5-6,15H2,1-4H3. The second-order valence-corrected chi connectivity index (χ2v) is 7.91. The van der Waals surface area contributed by atoms with Crippen molar-refractivity contribution in [1.29, 1.82) is 0 Å². The lowest BCUT2D eigenvalue weighted by atomic mass is 10.2. The molecule has 146 valence electrons. The number of rotatable bonds is 8. The predicted molar refractivity (Wildman–Crippen MR) is 107 cm³/mol. The van der Waals surface area contributed by atoms with E-state index in [2.05, 4.69) is 0 Å². The summed E-state index contributed by atoms with van der Waals surface area (Å²) in [5.74, 6) is 0.372. The van der Waals surface area contributed by atoms with Gasteiger partial charge in [-0.1, -0.05) is 18.2 Å². The van der Waals surface area contributed by atoms with Crippen LogP contribution in [0.4, 0.5) is 5.69 Å². The molecule has 6 nitrogen and oxygen atoms in total. The number of aryl methyl sites for hydroxylation is 1. The average molecular weight is 391 g/mol.